The number of carbonyl (C=O) groups is 3. The number of hydrogen-bond donors (Lipinski definition) is 1. The van der Waals surface area contributed by atoms with E-state index in [4.69, 9.17) is 14.7 Å². The van der Waals surface area contributed by atoms with E-state index in [1.165, 1.54) is 24.8 Å². The molecule has 2 aliphatic rings. The minimum absolute atomic E-state index is 0.113. The van der Waals surface area contributed by atoms with E-state index in [2.05, 4.69) is 5.32 Å². The Hall–Kier alpha value is -3.35. The van der Waals surface area contributed by atoms with Gasteiger partial charge in [-0.1, -0.05) is 0 Å². The molecule has 4 atom stereocenters. The van der Waals surface area contributed by atoms with E-state index in [1.54, 1.807) is 12.1 Å². The zero-order valence-electron chi connectivity index (χ0n) is 18.3. The number of esters is 1. The maximum Gasteiger partial charge on any atom is 0.414 e. The molecule has 0 saturated carbocycles. The molecular formula is C22H27FN4O5. The monoisotopic (exact) mass is 446 g/mol. The molecule has 2 heterocycles. The van der Waals surface area contributed by atoms with Crippen molar-refractivity contribution in [2.24, 2.45) is 5.92 Å². The molecule has 0 aliphatic carbocycles. The van der Waals surface area contributed by atoms with Crippen molar-refractivity contribution in [3.63, 3.8) is 0 Å². The van der Waals surface area contributed by atoms with Crippen molar-refractivity contribution in [1.82, 2.24) is 5.32 Å². The van der Waals surface area contributed by atoms with Crippen molar-refractivity contribution < 1.29 is 28.2 Å². The van der Waals surface area contributed by atoms with E-state index in [9.17, 15) is 14.4 Å². The third-order valence-corrected chi connectivity index (χ3v) is 5.69. The standard InChI is InChI=1S/C22H27FN4O5/c1-13-8-16(21(29)31-14(2)10-24)6-7-26(13)20-5-4-17(9-19(20)23)27-12-18(32-22(27)30)11-25-15(3)28/h4-5,9,13-14,16,18H,6-8,11-12H2,1-3H3,(H,25,28)/t13?,14?,16?,18-/m0/s1. The van der Waals surface area contributed by atoms with E-state index >= 15 is 4.39 Å². The lowest BCUT2D eigenvalue weighted by Crippen LogP contribution is -2.44. The summed E-state index contributed by atoms with van der Waals surface area (Å²) in [5.74, 6) is -1.44. The Kier molecular flexibility index (Phi) is 7.18. The zero-order chi connectivity index (χ0) is 23.4. The van der Waals surface area contributed by atoms with Crippen molar-refractivity contribution in [1.29, 1.82) is 5.26 Å². The first-order valence-electron chi connectivity index (χ1n) is 10.6. The largest absolute Gasteiger partial charge is 0.447 e. The zero-order valence-corrected chi connectivity index (χ0v) is 18.3. The maximum absolute atomic E-state index is 15.0. The van der Waals surface area contributed by atoms with Crippen molar-refractivity contribution in [2.45, 2.75) is 51.9 Å². The van der Waals surface area contributed by atoms with Gasteiger partial charge in [-0.25, -0.2) is 9.18 Å². The molecule has 172 valence electrons. The van der Waals surface area contributed by atoms with Gasteiger partial charge in [0.1, 0.15) is 18.0 Å². The molecule has 0 aromatic heterocycles. The summed E-state index contributed by atoms with van der Waals surface area (Å²) in [7, 11) is 0. The highest BCUT2D eigenvalue weighted by Crippen LogP contribution is 2.33. The van der Waals surface area contributed by atoms with Gasteiger partial charge in [0.2, 0.25) is 5.91 Å². The predicted molar refractivity (Wildman–Crippen MR) is 113 cm³/mol. The van der Waals surface area contributed by atoms with Crippen molar-refractivity contribution in [3.8, 4) is 6.07 Å². The first-order chi connectivity index (χ1) is 15.2. The van der Waals surface area contributed by atoms with Crippen LogP contribution in [0.2, 0.25) is 0 Å². The van der Waals surface area contributed by atoms with Gasteiger partial charge >= 0.3 is 12.1 Å². The van der Waals surface area contributed by atoms with E-state index in [0.717, 1.165) is 0 Å². The van der Waals surface area contributed by atoms with Crippen molar-refractivity contribution in [3.05, 3.63) is 24.0 Å². The Balaban J connectivity index is 1.64. The van der Waals surface area contributed by atoms with Crippen LogP contribution >= 0.6 is 0 Å². The van der Waals surface area contributed by atoms with Crippen molar-refractivity contribution in [2.75, 3.05) is 29.4 Å². The molecule has 0 spiro atoms. The number of carbonyl (C=O) groups excluding carboxylic acids is 3. The van der Waals surface area contributed by atoms with E-state index < -0.39 is 30.1 Å². The Morgan fingerprint density at radius 1 is 1.44 bits per heavy atom. The number of amides is 2. The quantitative estimate of drug-likeness (QED) is 0.668. The number of hydrogen-bond acceptors (Lipinski definition) is 7. The number of anilines is 2. The van der Waals surface area contributed by atoms with Crippen LogP contribution in [0.5, 0.6) is 0 Å². The van der Waals surface area contributed by atoms with Gasteiger partial charge in [0.15, 0.2) is 6.10 Å². The van der Waals surface area contributed by atoms with Crippen LogP contribution in [0.15, 0.2) is 18.2 Å². The smallest absolute Gasteiger partial charge is 0.414 e. The second-order valence-electron chi connectivity index (χ2n) is 8.16. The molecule has 0 radical (unpaired) electrons. The predicted octanol–water partition coefficient (Wildman–Crippen LogP) is 2.35. The van der Waals surface area contributed by atoms with Crippen LogP contribution in [-0.2, 0) is 19.1 Å². The summed E-state index contributed by atoms with van der Waals surface area (Å²) in [4.78, 5) is 38.7. The minimum atomic E-state index is -0.795. The summed E-state index contributed by atoms with van der Waals surface area (Å²) in [6.07, 6.45) is -0.910. The summed E-state index contributed by atoms with van der Waals surface area (Å²) in [5.41, 5.74) is 0.763. The van der Waals surface area contributed by atoms with Crippen LogP contribution in [0.3, 0.4) is 0 Å². The topological polar surface area (TPSA) is 112 Å². The van der Waals surface area contributed by atoms with E-state index in [0.29, 0.717) is 30.8 Å². The second kappa shape index (κ2) is 9.85. The highest BCUT2D eigenvalue weighted by atomic mass is 19.1. The second-order valence-corrected chi connectivity index (χ2v) is 8.16. The summed E-state index contributed by atoms with van der Waals surface area (Å²) in [6.45, 7) is 5.67. The fourth-order valence-electron chi connectivity index (χ4n) is 4.03. The molecule has 2 fully saturated rings. The van der Waals surface area contributed by atoms with Gasteiger partial charge in [0.25, 0.3) is 0 Å². The first kappa shape index (κ1) is 23.3. The number of nitrogens with one attached hydrogen (secondary N) is 1. The minimum Gasteiger partial charge on any atom is -0.447 e. The van der Waals surface area contributed by atoms with Gasteiger partial charge in [-0.05, 0) is 44.9 Å². The van der Waals surface area contributed by atoms with Crippen LogP contribution in [0.1, 0.15) is 33.6 Å². The Morgan fingerprint density at radius 2 is 2.19 bits per heavy atom. The first-order valence-corrected chi connectivity index (χ1v) is 10.6. The van der Waals surface area contributed by atoms with Gasteiger partial charge in [-0.3, -0.25) is 14.5 Å². The number of benzene rings is 1. The van der Waals surface area contributed by atoms with Crippen LogP contribution in [0, 0.1) is 23.1 Å². The fourth-order valence-corrected chi connectivity index (χ4v) is 4.03. The average molecular weight is 446 g/mol. The average Bonchev–Trinajstić information content (AvgIpc) is 3.12. The van der Waals surface area contributed by atoms with Gasteiger partial charge in [-0.2, -0.15) is 5.26 Å². The summed E-state index contributed by atoms with van der Waals surface area (Å²) in [6, 6.07) is 6.33. The van der Waals surface area contributed by atoms with Gasteiger partial charge in [-0.15, -0.1) is 0 Å². The van der Waals surface area contributed by atoms with Gasteiger partial charge in [0.05, 0.1) is 30.4 Å². The van der Waals surface area contributed by atoms with Crippen LogP contribution < -0.4 is 15.1 Å². The highest BCUT2D eigenvalue weighted by molar-refractivity contribution is 5.90. The van der Waals surface area contributed by atoms with Crippen LogP contribution in [0.25, 0.3) is 0 Å². The summed E-state index contributed by atoms with van der Waals surface area (Å²) in [5, 5.41) is 11.4. The Labute approximate surface area is 186 Å². The van der Waals surface area contributed by atoms with Gasteiger partial charge in [0, 0.05) is 19.5 Å². The summed E-state index contributed by atoms with van der Waals surface area (Å²) < 4.78 is 25.3. The number of piperidine rings is 1. The molecular weight excluding hydrogens is 419 g/mol. The Bertz CT molecular complexity index is 933. The van der Waals surface area contributed by atoms with Crippen LogP contribution in [0.4, 0.5) is 20.6 Å². The summed E-state index contributed by atoms with van der Waals surface area (Å²) >= 11 is 0. The van der Waals surface area contributed by atoms with Gasteiger partial charge < -0.3 is 19.7 Å². The molecule has 3 unspecified atom stereocenters. The molecule has 1 aromatic carbocycles. The van der Waals surface area contributed by atoms with E-state index in [1.807, 2.05) is 17.9 Å². The molecule has 2 aliphatic heterocycles. The number of nitriles is 1. The molecule has 0 bridgehead atoms. The number of rotatable bonds is 6. The molecule has 3 rings (SSSR count). The number of halogens is 1. The molecule has 1 aromatic rings. The third kappa shape index (κ3) is 5.28. The number of cyclic esters (lactones) is 1. The normalized spacial score (nSPS) is 23.8. The third-order valence-electron chi connectivity index (χ3n) is 5.69. The SMILES string of the molecule is CC(=O)NC[C@H]1CN(c2ccc(N3CCC(C(=O)OC(C)C#N)CC3C)c(F)c2)C(=O)O1. The molecule has 9 nitrogen and oxygen atoms in total. The molecule has 10 heteroatoms. The Morgan fingerprint density at radius 3 is 2.81 bits per heavy atom. The highest BCUT2D eigenvalue weighted by Gasteiger charge is 2.35. The molecule has 2 saturated heterocycles. The maximum atomic E-state index is 15.0. The van der Waals surface area contributed by atoms with E-state index in [-0.39, 0.29) is 31.0 Å². The molecule has 32 heavy (non-hydrogen) atoms. The van der Waals surface area contributed by atoms with Crippen LogP contribution in [-0.4, -0.2) is 55.9 Å². The lowest BCUT2D eigenvalue weighted by molar-refractivity contribution is -0.151. The lowest BCUT2D eigenvalue weighted by Gasteiger charge is -2.38. The fraction of sp³-hybridized carbons (Fsp3) is 0.545. The molecule has 1 N–H and O–H groups in total. The number of ether oxygens (including phenoxy) is 2. The lowest BCUT2D eigenvalue weighted by atomic mass is 9.91. The molecule has 2 amide bonds. The van der Waals surface area contributed by atoms with Crippen molar-refractivity contribution >= 4 is 29.3 Å². The number of nitrogens with zero attached hydrogens (tertiary/aromatic N) is 3.